The second kappa shape index (κ2) is 12.6. The maximum absolute atomic E-state index is 13.3. The van der Waals surface area contributed by atoms with Crippen LogP contribution in [0.4, 0.5) is 0 Å². The number of carbonyl (C=O) groups excluding carboxylic acids is 2. The number of Topliss-reactive ketones (excluding diaryl/α,β-unsaturated/α-hetero) is 1. The Labute approximate surface area is 230 Å². The van der Waals surface area contributed by atoms with E-state index in [4.69, 9.17) is 9.47 Å². The number of aliphatic hydroxyl groups excluding tert-OH is 1. The Morgan fingerprint density at radius 1 is 0.949 bits per heavy atom. The van der Waals surface area contributed by atoms with Crippen molar-refractivity contribution in [1.82, 2.24) is 9.80 Å². The number of amides is 1. The Kier molecular flexibility index (Phi) is 9.04. The van der Waals surface area contributed by atoms with Gasteiger partial charge in [0.05, 0.1) is 18.2 Å². The minimum atomic E-state index is -0.694. The first-order valence-electron chi connectivity index (χ1n) is 13.2. The van der Waals surface area contributed by atoms with Crippen LogP contribution in [0.3, 0.4) is 0 Å². The molecule has 1 fully saturated rings. The minimum absolute atomic E-state index is 0.0856. The van der Waals surface area contributed by atoms with E-state index in [0.29, 0.717) is 43.2 Å². The van der Waals surface area contributed by atoms with Gasteiger partial charge < -0.3 is 24.4 Å². The van der Waals surface area contributed by atoms with Crippen molar-refractivity contribution in [2.45, 2.75) is 32.9 Å². The third kappa shape index (κ3) is 6.67. The van der Waals surface area contributed by atoms with E-state index < -0.39 is 17.7 Å². The minimum Gasteiger partial charge on any atom is -0.507 e. The van der Waals surface area contributed by atoms with Crippen molar-refractivity contribution in [2.24, 2.45) is 0 Å². The first-order chi connectivity index (χ1) is 18.8. The van der Waals surface area contributed by atoms with Gasteiger partial charge in [-0.1, -0.05) is 42.0 Å². The molecule has 1 heterocycles. The fourth-order valence-corrected chi connectivity index (χ4v) is 4.76. The third-order valence-corrected chi connectivity index (χ3v) is 6.67. The van der Waals surface area contributed by atoms with Gasteiger partial charge in [0.15, 0.2) is 0 Å². The summed E-state index contributed by atoms with van der Waals surface area (Å²) in [7, 11) is 3.93. The highest BCUT2D eigenvalue weighted by atomic mass is 16.5. The molecule has 7 heteroatoms. The number of ether oxygens (including phenoxy) is 2. The summed E-state index contributed by atoms with van der Waals surface area (Å²) < 4.78 is 11.5. The number of hydrogen-bond donors (Lipinski definition) is 1. The molecule has 1 aliphatic rings. The SMILES string of the molecule is CCOc1ccc([C@@H]2C(=C(O)c3ccc(OCc4cccc(C)c4)cc3)C(=O)C(=O)N2CCCN(C)C)cc1. The van der Waals surface area contributed by atoms with E-state index in [2.05, 4.69) is 6.07 Å². The van der Waals surface area contributed by atoms with Crippen molar-refractivity contribution in [3.63, 3.8) is 0 Å². The summed E-state index contributed by atoms with van der Waals surface area (Å²) in [6, 6.07) is 21.6. The molecule has 39 heavy (non-hydrogen) atoms. The molecule has 1 amide bonds. The van der Waals surface area contributed by atoms with Gasteiger partial charge in [0.2, 0.25) is 0 Å². The lowest BCUT2D eigenvalue weighted by Crippen LogP contribution is -2.32. The molecule has 1 aliphatic heterocycles. The highest BCUT2D eigenvalue weighted by molar-refractivity contribution is 6.46. The summed E-state index contributed by atoms with van der Waals surface area (Å²) in [6.45, 7) is 6.06. The maximum Gasteiger partial charge on any atom is 0.295 e. The van der Waals surface area contributed by atoms with Crippen LogP contribution in [-0.2, 0) is 16.2 Å². The lowest BCUT2D eigenvalue weighted by atomic mass is 9.95. The predicted molar refractivity (Wildman–Crippen MR) is 152 cm³/mol. The van der Waals surface area contributed by atoms with Crippen molar-refractivity contribution < 1.29 is 24.2 Å². The number of aryl methyl sites for hydroxylation is 1. The van der Waals surface area contributed by atoms with Gasteiger partial charge in [0.25, 0.3) is 11.7 Å². The first kappa shape index (κ1) is 27.9. The third-order valence-electron chi connectivity index (χ3n) is 6.67. The topological polar surface area (TPSA) is 79.3 Å². The molecule has 0 saturated carbocycles. The van der Waals surface area contributed by atoms with Gasteiger partial charge in [-0.3, -0.25) is 9.59 Å². The van der Waals surface area contributed by atoms with Crippen LogP contribution < -0.4 is 9.47 Å². The molecule has 3 aromatic rings. The monoisotopic (exact) mass is 528 g/mol. The van der Waals surface area contributed by atoms with Crippen LogP contribution in [0.25, 0.3) is 5.76 Å². The molecular weight excluding hydrogens is 492 g/mol. The van der Waals surface area contributed by atoms with Gasteiger partial charge in [0.1, 0.15) is 23.9 Å². The van der Waals surface area contributed by atoms with Gasteiger partial charge in [-0.05, 0) is 88.4 Å². The van der Waals surface area contributed by atoms with E-state index in [9.17, 15) is 14.7 Å². The van der Waals surface area contributed by atoms with E-state index in [0.717, 1.165) is 23.2 Å². The summed E-state index contributed by atoms with van der Waals surface area (Å²) in [4.78, 5) is 30.0. The summed E-state index contributed by atoms with van der Waals surface area (Å²) in [5.74, 6) is -0.150. The Hall–Kier alpha value is -4.10. The molecule has 7 nitrogen and oxygen atoms in total. The van der Waals surface area contributed by atoms with Crippen LogP contribution in [0.1, 0.15) is 41.6 Å². The predicted octanol–water partition coefficient (Wildman–Crippen LogP) is 5.35. The first-order valence-corrected chi connectivity index (χ1v) is 13.2. The zero-order valence-corrected chi connectivity index (χ0v) is 23.0. The normalized spacial score (nSPS) is 16.6. The number of nitrogens with zero attached hydrogens (tertiary/aromatic N) is 2. The van der Waals surface area contributed by atoms with Crippen molar-refractivity contribution in [2.75, 3.05) is 33.8 Å². The second-order valence-electron chi connectivity index (χ2n) is 9.95. The quantitative estimate of drug-likeness (QED) is 0.205. The molecule has 1 saturated heterocycles. The Bertz CT molecular complexity index is 1330. The number of hydrogen-bond acceptors (Lipinski definition) is 6. The van der Waals surface area contributed by atoms with Crippen molar-refractivity contribution in [3.8, 4) is 11.5 Å². The van der Waals surface area contributed by atoms with Crippen molar-refractivity contribution in [1.29, 1.82) is 0 Å². The van der Waals surface area contributed by atoms with Gasteiger partial charge in [-0.2, -0.15) is 0 Å². The largest absolute Gasteiger partial charge is 0.507 e. The molecule has 0 aromatic heterocycles. The number of aliphatic hydroxyl groups is 1. The molecular formula is C32H36N2O5. The average Bonchev–Trinajstić information content (AvgIpc) is 3.17. The fraction of sp³-hybridized carbons (Fsp3) is 0.312. The highest BCUT2D eigenvalue weighted by Crippen LogP contribution is 2.40. The lowest BCUT2D eigenvalue weighted by molar-refractivity contribution is -0.139. The van der Waals surface area contributed by atoms with Crippen LogP contribution in [0.5, 0.6) is 11.5 Å². The smallest absolute Gasteiger partial charge is 0.295 e. The van der Waals surface area contributed by atoms with Crippen molar-refractivity contribution in [3.05, 3.63) is 101 Å². The molecule has 0 aliphatic carbocycles. The average molecular weight is 529 g/mol. The summed E-state index contributed by atoms with van der Waals surface area (Å²) in [6.07, 6.45) is 0.695. The van der Waals surface area contributed by atoms with E-state index in [-0.39, 0.29) is 11.3 Å². The van der Waals surface area contributed by atoms with Crippen LogP contribution >= 0.6 is 0 Å². The molecule has 0 bridgehead atoms. The fourth-order valence-electron chi connectivity index (χ4n) is 4.76. The maximum atomic E-state index is 13.3. The summed E-state index contributed by atoms with van der Waals surface area (Å²) in [5.41, 5.74) is 3.49. The van der Waals surface area contributed by atoms with Crippen LogP contribution in [0, 0.1) is 6.92 Å². The van der Waals surface area contributed by atoms with Crippen LogP contribution in [0.2, 0.25) is 0 Å². The highest BCUT2D eigenvalue weighted by Gasteiger charge is 2.45. The van der Waals surface area contributed by atoms with E-state index in [1.54, 1.807) is 29.2 Å². The molecule has 204 valence electrons. The van der Waals surface area contributed by atoms with Crippen LogP contribution in [0.15, 0.2) is 78.4 Å². The van der Waals surface area contributed by atoms with Gasteiger partial charge >= 0.3 is 0 Å². The zero-order valence-electron chi connectivity index (χ0n) is 23.0. The number of carbonyl (C=O) groups is 2. The van der Waals surface area contributed by atoms with E-state index >= 15 is 0 Å². The van der Waals surface area contributed by atoms with Crippen LogP contribution in [-0.4, -0.2) is 60.4 Å². The molecule has 1 N–H and O–H groups in total. The number of ketones is 1. The Balaban J connectivity index is 1.63. The molecule has 0 unspecified atom stereocenters. The number of benzene rings is 3. The molecule has 3 aromatic carbocycles. The molecule has 1 atom stereocenters. The Morgan fingerprint density at radius 2 is 1.62 bits per heavy atom. The van der Waals surface area contributed by atoms with Gasteiger partial charge in [-0.25, -0.2) is 0 Å². The lowest BCUT2D eigenvalue weighted by Gasteiger charge is -2.26. The van der Waals surface area contributed by atoms with Gasteiger partial charge in [0, 0.05) is 12.1 Å². The van der Waals surface area contributed by atoms with Gasteiger partial charge in [-0.15, -0.1) is 0 Å². The zero-order chi connectivity index (χ0) is 27.9. The van der Waals surface area contributed by atoms with E-state index in [1.807, 2.05) is 75.3 Å². The number of likely N-dealkylation sites (tertiary alicyclic amines) is 1. The molecule has 0 spiro atoms. The molecule has 0 radical (unpaired) electrons. The molecule has 4 rings (SSSR count). The summed E-state index contributed by atoms with van der Waals surface area (Å²) >= 11 is 0. The second-order valence-corrected chi connectivity index (χ2v) is 9.95. The standard InChI is InChI=1S/C32H36N2O5/c1-5-38-26-14-10-24(11-15-26)29-28(31(36)32(37)34(29)19-7-18-33(3)4)30(35)25-12-16-27(17-13-25)39-21-23-9-6-8-22(2)20-23/h6,8-17,20,29,35H,5,7,18-19,21H2,1-4H3/t29-/m1/s1. The Morgan fingerprint density at radius 3 is 2.26 bits per heavy atom. The number of rotatable bonds is 11. The van der Waals surface area contributed by atoms with Crippen molar-refractivity contribution >= 4 is 17.4 Å². The van der Waals surface area contributed by atoms with E-state index in [1.165, 1.54) is 0 Å². The summed E-state index contributed by atoms with van der Waals surface area (Å²) in [5, 5.41) is 11.3.